The molecule has 0 unspecified atom stereocenters. The monoisotopic (exact) mass is 279 g/mol. The molecule has 0 radical (unpaired) electrons. The minimum absolute atomic E-state index is 0.0922. The summed E-state index contributed by atoms with van der Waals surface area (Å²) in [6.45, 7) is 5.40. The second-order valence-corrected chi connectivity index (χ2v) is 5.72. The molecule has 1 amide bonds. The molecule has 0 aromatic heterocycles. The molecular weight excluding hydrogens is 254 g/mol. The molecule has 5 nitrogen and oxygen atoms in total. The number of carbonyl (C=O) groups is 1. The number of likely N-dealkylation sites (N-methyl/N-ethyl adjacent to an activating group) is 1. The second-order valence-electron chi connectivity index (χ2n) is 5.72. The molecule has 0 atom stereocenters. The first kappa shape index (κ1) is 16.5. The fourth-order valence-corrected chi connectivity index (χ4v) is 1.40. The molecule has 112 valence electrons. The molecular formula is C15H25N3O2. The average molecular weight is 279 g/mol. The van der Waals surface area contributed by atoms with Crippen LogP contribution in [-0.2, 0) is 4.79 Å². The van der Waals surface area contributed by atoms with E-state index in [1.54, 1.807) is 0 Å². The van der Waals surface area contributed by atoms with Crippen LogP contribution in [0.5, 0.6) is 5.75 Å². The van der Waals surface area contributed by atoms with E-state index in [1.165, 1.54) is 0 Å². The maximum absolute atomic E-state index is 12.0. The summed E-state index contributed by atoms with van der Waals surface area (Å²) in [4.78, 5) is 14.1. The SMILES string of the molecule is CN(C)CCOc1cccc(NC(=O)C(C)(C)CN)c1. The molecule has 0 aliphatic heterocycles. The van der Waals surface area contributed by atoms with Crippen molar-refractivity contribution >= 4 is 11.6 Å². The Labute approximate surface area is 121 Å². The number of hydrogen-bond donors (Lipinski definition) is 2. The van der Waals surface area contributed by atoms with Gasteiger partial charge in [-0.2, -0.15) is 0 Å². The van der Waals surface area contributed by atoms with Gasteiger partial charge in [0.15, 0.2) is 0 Å². The normalized spacial score (nSPS) is 11.5. The highest BCUT2D eigenvalue weighted by atomic mass is 16.5. The van der Waals surface area contributed by atoms with Crippen LogP contribution in [0.4, 0.5) is 5.69 Å². The smallest absolute Gasteiger partial charge is 0.231 e. The standard InChI is InChI=1S/C15H25N3O2/c1-15(2,11-16)14(19)17-12-6-5-7-13(10-12)20-9-8-18(3)4/h5-7,10H,8-9,11,16H2,1-4H3,(H,17,19). The average Bonchev–Trinajstić information content (AvgIpc) is 2.38. The number of carbonyl (C=O) groups excluding carboxylic acids is 1. The Balaban J connectivity index is 2.62. The molecule has 1 aromatic carbocycles. The van der Waals surface area contributed by atoms with Crippen LogP contribution in [0.1, 0.15) is 13.8 Å². The third-order valence-electron chi connectivity index (χ3n) is 3.02. The number of hydrogen-bond acceptors (Lipinski definition) is 4. The Morgan fingerprint density at radius 2 is 2.10 bits per heavy atom. The third kappa shape index (κ3) is 5.19. The fraction of sp³-hybridized carbons (Fsp3) is 0.533. The highest BCUT2D eigenvalue weighted by Gasteiger charge is 2.25. The fourth-order valence-electron chi connectivity index (χ4n) is 1.40. The van der Waals surface area contributed by atoms with Crippen molar-refractivity contribution in [1.29, 1.82) is 0 Å². The second kappa shape index (κ2) is 7.26. The van der Waals surface area contributed by atoms with Crippen molar-refractivity contribution in [3.05, 3.63) is 24.3 Å². The van der Waals surface area contributed by atoms with Crippen LogP contribution in [0.15, 0.2) is 24.3 Å². The van der Waals surface area contributed by atoms with Crippen LogP contribution in [0.3, 0.4) is 0 Å². The first-order valence-corrected chi connectivity index (χ1v) is 6.74. The van der Waals surface area contributed by atoms with Crippen molar-refractivity contribution in [2.75, 3.05) is 39.1 Å². The molecule has 0 saturated heterocycles. The lowest BCUT2D eigenvalue weighted by molar-refractivity contribution is -0.123. The predicted molar refractivity (Wildman–Crippen MR) is 82.0 cm³/mol. The molecule has 3 N–H and O–H groups in total. The molecule has 0 saturated carbocycles. The van der Waals surface area contributed by atoms with Crippen LogP contribution in [0.2, 0.25) is 0 Å². The van der Waals surface area contributed by atoms with E-state index in [1.807, 2.05) is 52.2 Å². The minimum Gasteiger partial charge on any atom is -0.492 e. The van der Waals surface area contributed by atoms with E-state index >= 15 is 0 Å². The van der Waals surface area contributed by atoms with Crippen molar-refractivity contribution in [3.8, 4) is 5.75 Å². The molecule has 0 aliphatic rings. The van der Waals surface area contributed by atoms with Crippen molar-refractivity contribution in [1.82, 2.24) is 4.90 Å². The number of nitrogens with one attached hydrogen (secondary N) is 1. The number of amides is 1. The van der Waals surface area contributed by atoms with Crippen molar-refractivity contribution in [2.45, 2.75) is 13.8 Å². The van der Waals surface area contributed by atoms with Crippen molar-refractivity contribution in [2.24, 2.45) is 11.1 Å². The van der Waals surface area contributed by atoms with Gasteiger partial charge in [0.25, 0.3) is 0 Å². The zero-order chi connectivity index (χ0) is 15.2. The molecule has 5 heteroatoms. The van der Waals surface area contributed by atoms with Crippen LogP contribution in [0.25, 0.3) is 0 Å². The van der Waals surface area contributed by atoms with Gasteiger partial charge in [0.1, 0.15) is 12.4 Å². The summed E-state index contributed by atoms with van der Waals surface area (Å²) in [5.41, 5.74) is 5.73. The number of nitrogens with two attached hydrogens (primary N) is 1. The Morgan fingerprint density at radius 3 is 2.70 bits per heavy atom. The number of nitrogens with zero attached hydrogens (tertiary/aromatic N) is 1. The van der Waals surface area contributed by atoms with Gasteiger partial charge >= 0.3 is 0 Å². The van der Waals surface area contributed by atoms with Crippen LogP contribution >= 0.6 is 0 Å². The Morgan fingerprint density at radius 1 is 1.40 bits per heavy atom. The highest BCUT2D eigenvalue weighted by Crippen LogP contribution is 2.20. The Hall–Kier alpha value is -1.59. The number of benzene rings is 1. The van der Waals surface area contributed by atoms with Crippen LogP contribution < -0.4 is 15.8 Å². The highest BCUT2D eigenvalue weighted by molar-refractivity contribution is 5.95. The molecule has 0 fully saturated rings. The summed E-state index contributed by atoms with van der Waals surface area (Å²) in [7, 11) is 3.99. The Kier molecular flexibility index (Phi) is 5.98. The summed E-state index contributed by atoms with van der Waals surface area (Å²) in [5.74, 6) is 0.653. The molecule has 1 aromatic rings. The zero-order valence-electron chi connectivity index (χ0n) is 12.8. The van der Waals surface area contributed by atoms with E-state index in [0.29, 0.717) is 13.2 Å². The lowest BCUT2D eigenvalue weighted by Gasteiger charge is -2.21. The van der Waals surface area contributed by atoms with Gasteiger partial charge in [-0.15, -0.1) is 0 Å². The van der Waals surface area contributed by atoms with E-state index in [9.17, 15) is 4.79 Å². The molecule has 20 heavy (non-hydrogen) atoms. The summed E-state index contributed by atoms with van der Waals surface area (Å²) >= 11 is 0. The summed E-state index contributed by atoms with van der Waals surface area (Å²) < 4.78 is 5.63. The van der Waals surface area contributed by atoms with Gasteiger partial charge in [-0.1, -0.05) is 6.07 Å². The minimum atomic E-state index is -0.582. The van der Waals surface area contributed by atoms with Crippen LogP contribution in [-0.4, -0.2) is 44.6 Å². The van der Waals surface area contributed by atoms with Crippen molar-refractivity contribution in [3.63, 3.8) is 0 Å². The summed E-state index contributed by atoms with van der Waals surface area (Å²) in [6, 6.07) is 7.39. The van der Waals surface area contributed by atoms with Crippen molar-refractivity contribution < 1.29 is 9.53 Å². The van der Waals surface area contributed by atoms with Gasteiger partial charge in [-0.3, -0.25) is 4.79 Å². The third-order valence-corrected chi connectivity index (χ3v) is 3.02. The molecule has 0 aliphatic carbocycles. The first-order valence-electron chi connectivity index (χ1n) is 6.74. The lowest BCUT2D eigenvalue weighted by atomic mass is 9.92. The number of rotatable bonds is 7. The Bertz CT molecular complexity index is 444. The molecule has 0 bridgehead atoms. The number of ether oxygens (including phenoxy) is 1. The lowest BCUT2D eigenvalue weighted by Crippen LogP contribution is -2.37. The van der Waals surface area contributed by atoms with Gasteiger partial charge in [0.2, 0.25) is 5.91 Å². The maximum Gasteiger partial charge on any atom is 0.231 e. The van der Waals surface area contributed by atoms with E-state index in [-0.39, 0.29) is 5.91 Å². The van der Waals surface area contributed by atoms with Gasteiger partial charge < -0.3 is 20.7 Å². The largest absolute Gasteiger partial charge is 0.492 e. The van der Waals surface area contributed by atoms with Gasteiger partial charge in [-0.25, -0.2) is 0 Å². The molecule has 0 spiro atoms. The predicted octanol–water partition coefficient (Wildman–Crippen LogP) is 1.55. The van der Waals surface area contributed by atoms with Gasteiger partial charge in [0.05, 0.1) is 5.41 Å². The van der Waals surface area contributed by atoms with E-state index in [4.69, 9.17) is 10.5 Å². The molecule has 1 rings (SSSR count). The van der Waals surface area contributed by atoms with E-state index < -0.39 is 5.41 Å². The summed E-state index contributed by atoms with van der Waals surface area (Å²) in [6.07, 6.45) is 0. The number of anilines is 1. The zero-order valence-corrected chi connectivity index (χ0v) is 12.8. The summed E-state index contributed by atoms with van der Waals surface area (Å²) in [5, 5.41) is 2.86. The quantitative estimate of drug-likeness (QED) is 0.794. The van der Waals surface area contributed by atoms with E-state index in [0.717, 1.165) is 18.0 Å². The molecule has 0 heterocycles. The van der Waals surface area contributed by atoms with Crippen LogP contribution in [0, 0.1) is 5.41 Å². The van der Waals surface area contributed by atoms with Gasteiger partial charge in [-0.05, 0) is 40.1 Å². The van der Waals surface area contributed by atoms with Gasteiger partial charge in [0, 0.05) is 24.8 Å². The first-order chi connectivity index (χ1) is 9.35. The topological polar surface area (TPSA) is 67.6 Å². The van der Waals surface area contributed by atoms with E-state index in [2.05, 4.69) is 10.2 Å². The maximum atomic E-state index is 12.0.